The Morgan fingerprint density at radius 1 is 1.24 bits per heavy atom. The van der Waals surface area contributed by atoms with Crippen LogP contribution in [0.25, 0.3) is 0 Å². The van der Waals surface area contributed by atoms with Gasteiger partial charge in [-0.15, -0.1) is 0 Å². The maximum atomic E-state index is 12.2. The van der Waals surface area contributed by atoms with E-state index in [9.17, 15) is 4.79 Å². The molecule has 2 N–H and O–H groups in total. The van der Waals surface area contributed by atoms with Crippen LogP contribution in [0, 0.1) is 6.92 Å². The number of nitrogens with zero attached hydrogens (tertiary/aromatic N) is 1. The van der Waals surface area contributed by atoms with Gasteiger partial charge in [-0.1, -0.05) is 25.1 Å². The molecule has 0 bridgehead atoms. The summed E-state index contributed by atoms with van der Waals surface area (Å²) in [5.41, 5.74) is 2.57. The lowest BCUT2D eigenvalue weighted by Gasteiger charge is -2.13. The van der Waals surface area contributed by atoms with Crippen LogP contribution in [-0.4, -0.2) is 16.9 Å². The summed E-state index contributed by atoms with van der Waals surface area (Å²) in [6.45, 7) is 6.16. The van der Waals surface area contributed by atoms with Crippen LogP contribution in [0.3, 0.4) is 0 Å². The number of amides is 1. The largest absolute Gasteiger partial charge is 0.381 e. The van der Waals surface area contributed by atoms with Crippen molar-refractivity contribution in [2.24, 2.45) is 0 Å². The number of aryl methyl sites for hydroxylation is 1. The second-order valence-electron chi connectivity index (χ2n) is 5.15. The highest BCUT2D eigenvalue weighted by atomic mass is 16.1. The Balaban J connectivity index is 2.03. The highest BCUT2D eigenvalue weighted by Gasteiger charge is 2.09. The predicted molar refractivity (Wildman–Crippen MR) is 86.7 cm³/mol. The molecule has 2 aromatic rings. The van der Waals surface area contributed by atoms with Crippen LogP contribution in [0.2, 0.25) is 0 Å². The van der Waals surface area contributed by atoms with Crippen molar-refractivity contribution in [2.45, 2.75) is 33.2 Å². The smallest absolute Gasteiger partial charge is 0.257 e. The molecule has 0 fully saturated rings. The number of rotatable bonds is 5. The molecule has 2 rings (SSSR count). The van der Waals surface area contributed by atoms with E-state index in [1.54, 1.807) is 12.3 Å². The monoisotopic (exact) mass is 283 g/mol. The molecule has 0 aliphatic heterocycles. The summed E-state index contributed by atoms with van der Waals surface area (Å²) in [6.07, 6.45) is 2.78. The Bertz CT molecular complexity index is 608. The SMILES string of the molecule is CCC(C)Nc1ccc(NC(=O)c2ccccc2C)nc1. The van der Waals surface area contributed by atoms with Gasteiger partial charge in [0.2, 0.25) is 0 Å². The Morgan fingerprint density at radius 2 is 2.00 bits per heavy atom. The first-order valence-corrected chi connectivity index (χ1v) is 7.19. The molecule has 4 nitrogen and oxygen atoms in total. The number of anilines is 2. The van der Waals surface area contributed by atoms with Crippen LogP contribution in [0.1, 0.15) is 36.2 Å². The van der Waals surface area contributed by atoms with Gasteiger partial charge < -0.3 is 10.6 Å². The van der Waals surface area contributed by atoms with Gasteiger partial charge in [0.1, 0.15) is 5.82 Å². The number of carbonyl (C=O) groups is 1. The Morgan fingerprint density at radius 3 is 2.62 bits per heavy atom. The molecule has 0 saturated carbocycles. The normalized spacial score (nSPS) is 11.8. The van der Waals surface area contributed by atoms with Crippen molar-refractivity contribution in [2.75, 3.05) is 10.6 Å². The molecule has 0 saturated heterocycles. The van der Waals surface area contributed by atoms with Crippen LogP contribution < -0.4 is 10.6 Å². The van der Waals surface area contributed by atoms with Gasteiger partial charge in [-0.2, -0.15) is 0 Å². The third kappa shape index (κ3) is 4.05. The fourth-order valence-corrected chi connectivity index (χ4v) is 1.95. The molecule has 1 atom stereocenters. The van der Waals surface area contributed by atoms with Gasteiger partial charge in [0.15, 0.2) is 0 Å². The van der Waals surface area contributed by atoms with Crippen LogP contribution in [-0.2, 0) is 0 Å². The molecule has 110 valence electrons. The minimum Gasteiger partial charge on any atom is -0.381 e. The van der Waals surface area contributed by atoms with Crippen molar-refractivity contribution in [3.63, 3.8) is 0 Å². The first kappa shape index (κ1) is 15.0. The van der Waals surface area contributed by atoms with Gasteiger partial charge >= 0.3 is 0 Å². The third-order valence-corrected chi connectivity index (χ3v) is 3.42. The zero-order valence-electron chi connectivity index (χ0n) is 12.7. The quantitative estimate of drug-likeness (QED) is 0.876. The van der Waals surface area contributed by atoms with Gasteiger partial charge in [-0.05, 0) is 44.0 Å². The van der Waals surface area contributed by atoms with E-state index in [1.165, 1.54) is 0 Å². The highest BCUT2D eigenvalue weighted by molar-refractivity contribution is 6.04. The van der Waals surface area contributed by atoms with Crippen LogP contribution in [0.5, 0.6) is 0 Å². The lowest BCUT2D eigenvalue weighted by Crippen LogP contribution is -2.15. The number of pyridine rings is 1. The number of hydrogen-bond acceptors (Lipinski definition) is 3. The minimum absolute atomic E-state index is 0.136. The van der Waals surface area contributed by atoms with E-state index in [1.807, 2.05) is 37.3 Å². The standard InChI is InChI=1S/C17H21N3O/c1-4-13(3)19-14-9-10-16(18-11-14)20-17(21)15-8-6-5-7-12(15)2/h5-11,13,19H,4H2,1-3H3,(H,18,20,21). The Hall–Kier alpha value is -2.36. The van der Waals surface area contributed by atoms with Crippen molar-refractivity contribution in [1.29, 1.82) is 0 Å². The van der Waals surface area contributed by atoms with Crippen molar-refractivity contribution < 1.29 is 4.79 Å². The van der Waals surface area contributed by atoms with E-state index in [-0.39, 0.29) is 5.91 Å². The Kier molecular flexibility index (Phi) is 4.93. The molecule has 0 spiro atoms. The summed E-state index contributed by atoms with van der Waals surface area (Å²) in [5.74, 6) is 0.418. The summed E-state index contributed by atoms with van der Waals surface area (Å²) in [4.78, 5) is 16.4. The molecule has 0 aliphatic carbocycles. The van der Waals surface area contributed by atoms with Gasteiger partial charge in [-0.25, -0.2) is 4.98 Å². The van der Waals surface area contributed by atoms with E-state index in [0.29, 0.717) is 17.4 Å². The average Bonchev–Trinajstić information content (AvgIpc) is 2.49. The fourth-order valence-electron chi connectivity index (χ4n) is 1.95. The molecule has 1 amide bonds. The second kappa shape index (κ2) is 6.88. The zero-order chi connectivity index (χ0) is 15.2. The summed E-state index contributed by atoms with van der Waals surface area (Å²) >= 11 is 0. The van der Waals surface area contributed by atoms with E-state index in [4.69, 9.17) is 0 Å². The predicted octanol–water partition coefficient (Wildman–Crippen LogP) is 3.85. The summed E-state index contributed by atoms with van der Waals surface area (Å²) < 4.78 is 0. The van der Waals surface area contributed by atoms with Crippen molar-refractivity contribution in [3.05, 3.63) is 53.7 Å². The van der Waals surface area contributed by atoms with Crippen molar-refractivity contribution in [3.8, 4) is 0 Å². The average molecular weight is 283 g/mol. The third-order valence-electron chi connectivity index (χ3n) is 3.42. The number of nitrogens with one attached hydrogen (secondary N) is 2. The number of benzene rings is 1. The molecule has 1 unspecified atom stereocenters. The maximum absolute atomic E-state index is 12.2. The molecule has 1 aromatic carbocycles. The van der Waals surface area contributed by atoms with Gasteiger partial charge in [0.25, 0.3) is 5.91 Å². The molecule has 4 heteroatoms. The first-order valence-electron chi connectivity index (χ1n) is 7.19. The molecule has 1 aromatic heterocycles. The maximum Gasteiger partial charge on any atom is 0.257 e. The molecule has 0 aliphatic rings. The number of hydrogen-bond donors (Lipinski definition) is 2. The Labute approximate surface area is 125 Å². The van der Waals surface area contributed by atoms with Crippen LogP contribution in [0.4, 0.5) is 11.5 Å². The van der Waals surface area contributed by atoms with Gasteiger partial charge in [0.05, 0.1) is 11.9 Å². The second-order valence-corrected chi connectivity index (χ2v) is 5.15. The lowest BCUT2D eigenvalue weighted by atomic mass is 10.1. The van der Waals surface area contributed by atoms with Crippen molar-refractivity contribution in [1.82, 2.24) is 4.98 Å². The van der Waals surface area contributed by atoms with Gasteiger partial charge in [-0.3, -0.25) is 4.79 Å². The van der Waals surface area contributed by atoms with E-state index in [2.05, 4.69) is 29.5 Å². The molecule has 1 heterocycles. The number of aromatic nitrogens is 1. The topological polar surface area (TPSA) is 54.0 Å². The van der Waals surface area contributed by atoms with E-state index < -0.39 is 0 Å². The summed E-state index contributed by atoms with van der Waals surface area (Å²) in [5, 5.41) is 6.15. The van der Waals surface area contributed by atoms with Crippen LogP contribution in [0.15, 0.2) is 42.6 Å². The zero-order valence-corrected chi connectivity index (χ0v) is 12.7. The fraction of sp³-hybridized carbons (Fsp3) is 0.294. The summed E-state index contributed by atoms with van der Waals surface area (Å²) in [7, 11) is 0. The molecule has 21 heavy (non-hydrogen) atoms. The lowest BCUT2D eigenvalue weighted by molar-refractivity contribution is 0.102. The molecular formula is C17H21N3O. The minimum atomic E-state index is -0.136. The highest BCUT2D eigenvalue weighted by Crippen LogP contribution is 2.14. The van der Waals surface area contributed by atoms with Crippen molar-refractivity contribution >= 4 is 17.4 Å². The summed E-state index contributed by atoms with van der Waals surface area (Å²) in [6, 6.07) is 11.6. The van der Waals surface area contributed by atoms with E-state index >= 15 is 0 Å². The van der Waals surface area contributed by atoms with E-state index in [0.717, 1.165) is 17.7 Å². The molecule has 0 radical (unpaired) electrons. The number of carbonyl (C=O) groups excluding carboxylic acids is 1. The first-order chi connectivity index (χ1) is 10.1. The van der Waals surface area contributed by atoms with Gasteiger partial charge in [0, 0.05) is 11.6 Å². The van der Waals surface area contributed by atoms with Crippen LogP contribution >= 0.6 is 0 Å². The molecular weight excluding hydrogens is 262 g/mol.